The first-order valence-electron chi connectivity index (χ1n) is 7.11. The van der Waals surface area contributed by atoms with Crippen molar-refractivity contribution in [3.05, 3.63) is 17.9 Å². The molecule has 2 aliphatic rings. The van der Waals surface area contributed by atoms with Gasteiger partial charge in [-0.1, -0.05) is 0 Å². The molecule has 0 radical (unpaired) electrons. The molecule has 0 saturated carbocycles. The topological polar surface area (TPSA) is 88.6 Å². The Bertz CT molecular complexity index is 569. The summed E-state index contributed by atoms with van der Waals surface area (Å²) >= 11 is 0. The molecule has 0 aliphatic carbocycles. The molecule has 2 atom stereocenters. The lowest BCUT2D eigenvalue weighted by molar-refractivity contribution is 0.165. The monoisotopic (exact) mass is 299 g/mol. The van der Waals surface area contributed by atoms with Crippen molar-refractivity contribution >= 4 is 10.0 Å². The number of sulfonamides is 1. The summed E-state index contributed by atoms with van der Waals surface area (Å²) in [4.78, 5) is 2.57. The van der Waals surface area contributed by atoms with E-state index in [2.05, 4.69) is 10.2 Å². The Labute approximate surface area is 119 Å². The van der Waals surface area contributed by atoms with Gasteiger partial charge in [0.05, 0.1) is 6.54 Å². The van der Waals surface area contributed by atoms with Crippen molar-refractivity contribution in [1.82, 2.24) is 10.2 Å². The van der Waals surface area contributed by atoms with E-state index in [1.165, 1.54) is 31.9 Å². The molecule has 6 nitrogen and oxygen atoms in total. The van der Waals surface area contributed by atoms with Gasteiger partial charge in [-0.25, -0.2) is 13.6 Å². The molecule has 3 rings (SSSR count). The maximum atomic E-state index is 11.1. The van der Waals surface area contributed by atoms with Gasteiger partial charge in [-0.05, 0) is 50.9 Å². The van der Waals surface area contributed by atoms with Crippen molar-refractivity contribution in [2.45, 2.75) is 49.4 Å². The van der Waals surface area contributed by atoms with E-state index in [1.54, 1.807) is 6.07 Å². The van der Waals surface area contributed by atoms with Crippen LogP contribution < -0.4 is 10.5 Å². The van der Waals surface area contributed by atoms with Gasteiger partial charge < -0.3 is 14.6 Å². The normalized spacial score (nSPS) is 27.6. The van der Waals surface area contributed by atoms with Crippen LogP contribution in [-0.2, 0) is 16.6 Å². The molecule has 1 aromatic heterocycles. The molecule has 3 N–H and O–H groups in total. The van der Waals surface area contributed by atoms with Gasteiger partial charge in [0.25, 0.3) is 10.0 Å². The lowest BCUT2D eigenvalue weighted by Gasteiger charge is -2.35. The number of piperidine rings is 1. The Balaban J connectivity index is 1.53. The molecule has 0 spiro atoms. The van der Waals surface area contributed by atoms with Gasteiger partial charge in [0, 0.05) is 12.1 Å². The maximum absolute atomic E-state index is 11.1. The van der Waals surface area contributed by atoms with E-state index < -0.39 is 10.0 Å². The molecule has 2 unspecified atom stereocenters. The average molecular weight is 299 g/mol. The van der Waals surface area contributed by atoms with Crippen LogP contribution >= 0.6 is 0 Å². The van der Waals surface area contributed by atoms with Crippen LogP contribution in [0, 0.1) is 0 Å². The summed E-state index contributed by atoms with van der Waals surface area (Å²) in [7, 11) is -3.74. The predicted molar refractivity (Wildman–Crippen MR) is 74.5 cm³/mol. The minimum Gasteiger partial charge on any atom is -0.447 e. The second-order valence-electron chi connectivity index (χ2n) is 5.70. The van der Waals surface area contributed by atoms with Crippen molar-refractivity contribution in [2.24, 2.45) is 5.14 Å². The van der Waals surface area contributed by atoms with Crippen LogP contribution in [0.25, 0.3) is 0 Å². The van der Waals surface area contributed by atoms with Gasteiger partial charge >= 0.3 is 0 Å². The number of nitrogens with zero attached hydrogens (tertiary/aromatic N) is 1. The van der Waals surface area contributed by atoms with E-state index in [0.717, 1.165) is 19.0 Å². The number of hydrogen-bond acceptors (Lipinski definition) is 5. The minimum absolute atomic E-state index is 0.167. The van der Waals surface area contributed by atoms with Crippen LogP contribution in [-0.4, -0.2) is 38.5 Å². The van der Waals surface area contributed by atoms with E-state index in [0.29, 0.717) is 18.3 Å². The third-order valence-corrected chi connectivity index (χ3v) is 5.08. The zero-order valence-electron chi connectivity index (χ0n) is 11.4. The third-order valence-electron chi connectivity index (χ3n) is 4.30. The lowest BCUT2D eigenvalue weighted by Crippen LogP contribution is -2.45. The van der Waals surface area contributed by atoms with Crippen molar-refractivity contribution in [3.8, 4) is 0 Å². The largest absolute Gasteiger partial charge is 0.447 e. The molecule has 20 heavy (non-hydrogen) atoms. The van der Waals surface area contributed by atoms with Crippen molar-refractivity contribution in [1.29, 1.82) is 0 Å². The summed E-state index contributed by atoms with van der Waals surface area (Å²) in [5.74, 6) is 0.614. The SMILES string of the molecule is NS(=O)(=O)c1ccc(CNC2CCN3CCCC3C2)o1. The highest BCUT2D eigenvalue weighted by Gasteiger charge is 2.31. The second-order valence-corrected chi connectivity index (χ2v) is 7.19. The summed E-state index contributed by atoms with van der Waals surface area (Å²) < 4.78 is 27.5. The average Bonchev–Trinajstić information content (AvgIpc) is 3.04. The van der Waals surface area contributed by atoms with Gasteiger partial charge in [-0.3, -0.25) is 0 Å². The number of furan rings is 1. The molecule has 0 bridgehead atoms. The van der Waals surface area contributed by atoms with Crippen LogP contribution in [0.5, 0.6) is 0 Å². The number of primary sulfonamides is 1. The first-order valence-corrected chi connectivity index (χ1v) is 8.66. The van der Waals surface area contributed by atoms with E-state index in [4.69, 9.17) is 9.56 Å². The molecule has 2 saturated heterocycles. The van der Waals surface area contributed by atoms with Crippen molar-refractivity contribution < 1.29 is 12.8 Å². The number of nitrogens with two attached hydrogens (primary N) is 1. The number of nitrogens with one attached hydrogen (secondary N) is 1. The molecule has 112 valence electrons. The second kappa shape index (κ2) is 5.48. The first kappa shape index (κ1) is 14.1. The Morgan fingerprint density at radius 1 is 1.35 bits per heavy atom. The zero-order valence-corrected chi connectivity index (χ0v) is 12.2. The van der Waals surface area contributed by atoms with Crippen molar-refractivity contribution in [2.75, 3.05) is 13.1 Å². The molecular weight excluding hydrogens is 278 g/mol. The fourth-order valence-corrected chi connectivity index (χ4v) is 3.74. The van der Waals surface area contributed by atoms with Crippen LogP contribution in [0.15, 0.2) is 21.6 Å². The minimum atomic E-state index is -3.74. The quantitative estimate of drug-likeness (QED) is 0.852. The summed E-state index contributed by atoms with van der Waals surface area (Å²) in [6.45, 7) is 2.95. The Kier molecular flexibility index (Phi) is 3.85. The molecular formula is C13H21N3O3S. The molecule has 0 aromatic carbocycles. The highest BCUT2D eigenvalue weighted by atomic mass is 32.2. The molecule has 7 heteroatoms. The van der Waals surface area contributed by atoms with Crippen molar-refractivity contribution in [3.63, 3.8) is 0 Å². The summed E-state index contributed by atoms with van der Waals surface area (Å²) in [6.07, 6.45) is 4.92. The van der Waals surface area contributed by atoms with Crippen LogP contribution in [0.1, 0.15) is 31.4 Å². The van der Waals surface area contributed by atoms with Gasteiger partial charge in [0.2, 0.25) is 5.09 Å². The number of fused-ring (bicyclic) bond motifs is 1. The molecule has 2 fully saturated rings. The zero-order chi connectivity index (χ0) is 14.2. The van der Waals surface area contributed by atoms with Gasteiger partial charge in [-0.2, -0.15) is 0 Å². The summed E-state index contributed by atoms with van der Waals surface area (Å²) in [5.41, 5.74) is 0. The summed E-state index contributed by atoms with van der Waals surface area (Å²) in [5, 5.41) is 8.31. The van der Waals surface area contributed by atoms with E-state index in [-0.39, 0.29) is 5.09 Å². The van der Waals surface area contributed by atoms with E-state index in [9.17, 15) is 8.42 Å². The predicted octanol–water partition coefficient (Wildman–Crippen LogP) is 0.643. The molecule has 3 heterocycles. The molecule has 2 aliphatic heterocycles. The lowest BCUT2D eigenvalue weighted by atomic mass is 9.97. The smallest absolute Gasteiger partial charge is 0.271 e. The van der Waals surface area contributed by atoms with Crippen LogP contribution in [0.2, 0.25) is 0 Å². The first-order chi connectivity index (χ1) is 9.52. The maximum Gasteiger partial charge on any atom is 0.271 e. The van der Waals surface area contributed by atoms with E-state index in [1.807, 2.05) is 0 Å². The Morgan fingerprint density at radius 2 is 2.20 bits per heavy atom. The molecule has 0 amide bonds. The Hall–Kier alpha value is -0.890. The van der Waals surface area contributed by atoms with E-state index >= 15 is 0 Å². The fraction of sp³-hybridized carbons (Fsp3) is 0.692. The number of hydrogen-bond donors (Lipinski definition) is 2. The number of rotatable bonds is 4. The van der Waals surface area contributed by atoms with Crippen LogP contribution in [0.4, 0.5) is 0 Å². The van der Waals surface area contributed by atoms with Gasteiger partial charge in [-0.15, -0.1) is 0 Å². The fourth-order valence-electron chi connectivity index (χ4n) is 3.26. The summed E-state index contributed by atoms with van der Waals surface area (Å²) in [6, 6.07) is 4.28. The van der Waals surface area contributed by atoms with Gasteiger partial charge in [0.1, 0.15) is 5.76 Å². The van der Waals surface area contributed by atoms with Crippen LogP contribution in [0.3, 0.4) is 0 Å². The highest BCUT2D eigenvalue weighted by molar-refractivity contribution is 7.89. The molecule has 1 aromatic rings. The third kappa shape index (κ3) is 3.06. The van der Waals surface area contributed by atoms with Gasteiger partial charge in [0.15, 0.2) is 0 Å². The highest BCUT2D eigenvalue weighted by Crippen LogP contribution is 2.27. The Morgan fingerprint density at radius 3 is 2.95 bits per heavy atom. The standard InChI is InChI=1S/C13H21N3O3S/c14-20(17,18)13-4-3-12(19-13)9-15-10-5-7-16-6-1-2-11(16)8-10/h3-4,10-11,15H,1-2,5-9H2,(H2,14,17,18).